The Morgan fingerprint density at radius 1 is 0.350 bits per heavy atom. The summed E-state index contributed by atoms with van der Waals surface area (Å²) in [5, 5.41) is 10.6. The molecule has 0 saturated carbocycles. The smallest absolute Gasteiger partial charge is 0.179 e. The van der Waals surface area contributed by atoms with Crippen LogP contribution in [0, 0.1) is 0 Å². The SMILES string of the molecule is CC1(C)c2ccccc2-c2c1ccc1c2c2ccccc2n1-c1cccc([Si](c2ccccc2)(c2ccccc2)c2ccc(-n3c4ccccc4c4ccccc43)cc2)c1. The molecule has 1 aliphatic rings. The van der Waals surface area contributed by atoms with Gasteiger partial charge >= 0.3 is 0 Å². The zero-order valence-corrected chi connectivity index (χ0v) is 34.7. The monoisotopic (exact) mass is 782 g/mol. The topological polar surface area (TPSA) is 9.86 Å². The van der Waals surface area contributed by atoms with E-state index in [1.807, 2.05) is 0 Å². The number of hydrogen-bond donors (Lipinski definition) is 0. The van der Waals surface area contributed by atoms with Crippen molar-refractivity contribution >= 4 is 72.4 Å². The average Bonchev–Trinajstić information content (AvgIpc) is 3.91. The normalized spacial score (nSPS) is 13.3. The van der Waals surface area contributed by atoms with Crippen LogP contribution in [0.2, 0.25) is 0 Å². The molecular formula is C57H42N2Si. The second-order valence-corrected chi connectivity index (χ2v) is 20.7. The fourth-order valence-corrected chi connectivity index (χ4v) is 15.6. The van der Waals surface area contributed by atoms with Gasteiger partial charge in [0.2, 0.25) is 0 Å². The quantitative estimate of drug-likeness (QED) is 0.117. The Morgan fingerprint density at radius 2 is 0.850 bits per heavy atom. The van der Waals surface area contributed by atoms with Crippen LogP contribution >= 0.6 is 0 Å². The van der Waals surface area contributed by atoms with E-state index in [9.17, 15) is 0 Å². The number of hydrogen-bond acceptors (Lipinski definition) is 0. The van der Waals surface area contributed by atoms with Gasteiger partial charge in [0.05, 0.1) is 22.1 Å². The van der Waals surface area contributed by atoms with E-state index in [0.717, 1.165) is 5.69 Å². The summed E-state index contributed by atoms with van der Waals surface area (Å²) in [6.07, 6.45) is 0. The van der Waals surface area contributed by atoms with Gasteiger partial charge in [-0.25, -0.2) is 0 Å². The fraction of sp³-hybridized carbons (Fsp3) is 0.0526. The molecule has 60 heavy (non-hydrogen) atoms. The zero-order chi connectivity index (χ0) is 40.0. The summed E-state index contributed by atoms with van der Waals surface area (Å²) < 4.78 is 4.94. The Bertz CT molecular complexity index is 3350. The molecule has 0 radical (unpaired) electrons. The molecule has 284 valence electrons. The van der Waals surface area contributed by atoms with Crippen molar-refractivity contribution in [2.24, 2.45) is 0 Å². The van der Waals surface area contributed by atoms with Crippen molar-refractivity contribution in [3.05, 3.63) is 230 Å². The molecule has 0 amide bonds. The van der Waals surface area contributed by atoms with Crippen LogP contribution in [0.25, 0.3) is 66.1 Å². The summed E-state index contributed by atoms with van der Waals surface area (Å²) in [6, 6.07) is 81.9. The van der Waals surface area contributed by atoms with Gasteiger partial charge in [-0.1, -0.05) is 184 Å². The van der Waals surface area contributed by atoms with Crippen LogP contribution in [0.3, 0.4) is 0 Å². The molecule has 0 bridgehead atoms. The van der Waals surface area contributed by atoms with Gasteiger partial charge in [-0.05, 0) is 91.5 Å². The number of nitrogens with zero attached hydrogens (tertiary/aromatic N) is 2. The van der Waals surface area contributed by atoms with Gasteiger partial charge in [-0.15, -0.1) is 0 Å². The Morgan fingerprint density at radius 3 is 1.50 bits per heavy atom. The minimum Gasteiger partial charge on any atom is -0.309 e. The molecule has 12 rings (SSSR count). The fourth-order valence-electron chi connectivity index (χ4n) is 10.8. The van der Waals surface area contributed by atoms with E-state index in [1.165, 1.54) is 92.3 Å². The van der Waals surface area contributed by atoms with E-state index in [4.69, 9.17) is 0 Å². The van der Waals surface area contributed by atoms with Gasteiger partial charge < -0.3 is 9.13 Å². The molecular weight excluding hydrogens is 741 g/mol. The van der Waals surface area contributed by atoms with Gasteiger partial charge in [-0.2, -0.15) is 0 Å². The molecule has 2 aromatic heterocycles. The maximum Gasteiger partial charge on any atom is 0.179 e. The number of fused-ring (bicyclic) bond motifs is 10. The highest BCUT2D eigenvalue weighted by molar-refractivity contribution is 7.19. The average molecular weight is 783 g/mol. The lowest BCUT2D eigenvalue weighted by molar-refractivity contribution is 0.661. The maximum atomic E-state index is 2.52. The Kier molecular flexibility index (Phi) is 7.63. The van der Waals surface area contributed by atoms with Crippen LogP contribution in [0.15, 0.2) is 218 Å². The number of benzene rings is 9. The first-order chi connectivity index (χ1) is 29.5. The van der Waals surface area contributed by atoms with E-state index < -0.39 is 8.07 Å². The molecule has 0 atom stereocenters. The third-order valence-corrected chi connectivity index (χ3v) is 18.2. The Balaban J connectivity index is 1.11. The van der Waals surface area contributed by atoms with Gasteiger partial charge in [0.1, 0.15) is 0 Å². The van der Waals surface area contributed by atoms with Gasteiger partial charge in [-0.3, -0.25) is 0 Å². The predicted octanol–water partition coefficient (Wildman–Crippen LogP) is 11.6. The van der Waals surface area contributed by atoms with Crippen molar-refractivity contribution in [1.82, 2.24) is 9.13 Å². The van der Waals surface area contributed by atoms with E-state index in [-0.39, 0.29) is 5.41 Å². The second kappa shape index (κ2) is 13.2. The van der Waals surface area contributed by atoms with Crippen molar-refractivity contribution in [2.45, 2.75) is 19.3 Å². The lowest BCUT2D eigenvalue weighted by atomic mass is 9.82. The van der Waals surface area contributed by atoms with E-state index in [0.29, 0.717) is 0 Å². The molecule has 2 heterocycles. The van der Waals surface area contributed by atoms with Crippen molar-refractivity contribution in [3.8, 4) is 22.5 Å². The summed E-state index contributed by atoms with van der Waals surface area (Å²) in [5.41, 5.74) is 12.7. The third-order valence-electron chi connectivity index (χ3n) is 13.5. The van der Waals surface area contributed by atoms with Crippen LogP contribution < -0.4 is 20.7 Å². The largest absolute Gasteiger partial charge is 0.309 e. The first kappa shape index (κ1) is 34.8. The van der Waals surface area contributed by atoms with Crippen LogP contribution in [-0.2, 0) is 5.41 Å². The minimum absolute atomic E-state index is 0.0725. The molecule has 0 N–H and O–H groups in total. The second-order valence-electron chi connectivity index (χ2n) is 16.9. The van der Waals surface area contributed by atoms with E-state index in [2.05, 4.69) is 241 Å². The molecule has 1 aliphatic carbocycles. The third kappa shape index (κ3) is 4.81. The molecule has 2 nitrogen and oxygen atoms in total. The van der Waals surface area contributed by atoms with E-state index >= 15 is 0 Å². The summed E-state index contributed by atoms with van der Waals surface area (Å²) >= 11 is 0. The summed E-state index contributed by atoms with van der Waals surface area (Å²) in [6.45, 7) is 4.75. The van der Waals surface area contributed by atoms with Crippen molar-refractivity contribution in [2.75, 3.05) is 0 Å². The number of rotatable bonds is 6. The predicted molar refractivity (Wildman–Crippen MR) is 256 cm³/mol. The highest BCUT2D eigenvalue weighted by atomic mass is 28.3. The molecule has 0 aliphatic heterocycles. The van der Waals surface area contributed by atoms with Crippen LogP contribution in [0.4, 0.5) is 0 Å². The molecule has 9 aromatic carbocycles. The Labute approximate surface area is 351 Å². The highest BCUT2D eigenvalue weighted by Crippen LogP contribution is 2.53. The van der Waals surface area contributed by atoms with Gasteiger partial charge in [0.25, 0.3) is 0 Å². The molecule has 0 saturated heterocycles. The molecule has 0 unspecified atom stereocenters. The summed E-state index contributed by atoms with van der Waals surface area (Å²) in [7, 11) is -2.90. The van der Waals surface area contributed by atoms with Gasteiger partial charge in [0, 0.05) is 38.3 Å². The summed E-state index contributed by atoms with van der Waals surface area (Å²) in [4.78, 5) is 0. The summed E-state index contributed by atoms with van der Waals surface area (Å²) in [5.74, 6) is 0. The molecule has 0 fully saturated rings. The lowest BCUT2D eigenvalue weighted by Crippen LogP contribution is -2.74. The van der Waals surface area contributed by atoms with E-state index in [1.54, 1.807) is 0 Å². The molecule has 0 spiro atoms. The standard InChI is InChI=1S/C57H42N2Si/c1-57(2)49-28-13-9-26-47(49)55-50(57)36-37-54-56(55)48-27-12-16-31-53(48)59(54)40-18-17-23-44(38-40)60(41-19-5-3-6-20-41,42-21-7-4-8-22-42)43-34-32-39(33-35-43)58-51-29-14-10-24-45(51)46-25-11-15-30-52(46)58/h3-38H,1-2H3. The minimum atomic E-state index is -2.90. The highest BCUT2D eigenvalue weighted by Gasteiger charge is 2.42. The lowest BCUT2D eigenvalue weighted by Gasteiger charge is -2.35. The number of para-hydroxylation sites is 3. The van der Waals surface area contributed by atoms with Crippen molar-refractivity contribution < 1.29 is 0 Å². The van der Waals surface area contributed by atoms with Crippen LogP contribution in [-0.4, -0.2) is 17.2 Å². The van der Waals surface area contributed by atoms with Gasteiger partial charge in [0.15, 0.2) is 8.07 Å². The Hall–Kier alpha value is -7.20. The van der Waals surface area contributed by atoms with Crippen LogP contribution in [0.5, 0.6) is 0 Å². The van der Waals surface area contributed by atoms with Crippen molar-refractivity contribution in [1.29, 1.82) is 0 Å². The molecule has 11 aromatic rings. The maximum absolute atomic E-state index is 2.90. The zero-order valence-electron chi connectivity index (χ0n) is 33.7. The first-order valence-corrected chi connectivity index (χ1v) is 23.0. The number of aromatic nitrogens is 2. The van der Waals surface area contributed by atoms with Crippen LogP contribution in [0.1, 0.15) is 25.0 Å². The first-order valence-electron chi connectivity index (χ1n) is 21.0. The molecule has 3 heteroatoms. The van der Waals surface area contributed by atoms with Crippen molar-refractivity contribution in [3.63, 3.8) is 0 Å².